The molecule has 12 heavy (non-hydrogen) atoms. The van der Waals surface area contributed by atoms with E-state index in [0.717, 1.165) is 10.9 Å². The Labute approximate surface area is 80.9 Å². The largest absolute Gasteiger partial charge is 0.291 e. The molecule has 0 aromatic heterocycles. The molecule has 0 amide bonds. The maximum Gasteiger partial charge on any atom is 0.201 e. The van der Waals surface area contributed by atoms with Gasteiger partial charge in [-0.1, -0.05) is 35.0 Å². The highest BCUT2D eigenvalue weighted by Crippen LogP contribution is 2.12. The fourth-order valence-electron chi connectivity index (χ4n) is 1.02. The molecule has 0 saturated carbocycles. The summed E-state index contributed by atoms with van der Waals surface area (Å²) >= 11 is 3.35. The first-order valence-corrected chi connectivity index (χ1v) is 4.64. The first-order chi connectivity index (χ1) is 5.72. The van der Waals surface area contributed by atoms with E-state index in [4.69, 9.17) is 0 Å². The summed E-state index contributed by atoms with van der Waals surface area (Å²) in [5.74, 6) is -0.00817. The van der Waals surface area contributed by atoms with Crippen LogP contribution in [0.1, 0.15) is 12.5 Å². The van der Waals surface area contributed by atoms with Crippen molar-refractivity contribution in [3.05, 3.63) is 34.3 Å². The SMILES string of the molecule is CC([C]=O)Cc1ccc(Br)cc1. The van der Waals surface area contributed by atoms with Gasteiger partial charge in [0.2, 0.25) is 6.29 Å². The molecule has 0 N–H and O–H groups in total. The van der Waals surface area contributed by atoms with Crippen molar-refractivity contribution in [2.75, 3.05) is 0 Å². The third-order valence-electron chi connectivity index (χ3n) is 1.66. The van der Waals surface area contributed by atoms with Crippen molar-refractivity contribution < 1.29 is 4.79 Å². The summed E-state index contributed by atoms with van der Waals surface area (Å²) < 4.78 is 1.06. The van der Waals surface area contributed by atoms with Gasteiger partial charge in [0.05, 0.1) is 0 Å². The van der Waals surface area contributed by atoms with Crippen molar-refractivity contribution in [2.45, 2.75) is 13.3 Å². The second-order valence-corrected chi connectivity index (χ2v) is 3.77. The minimum Gasteiger partial charge on any atom is -0.291 e. The van der Waals surface area contributed by atoms with Gasteiger partial charge in [-0.3, -0.25) is 4.79 Å². The maximum absolute atomic E-state index is 10.2. The van der Waals surface area contributed by atoms with Crippen LogP contribution >= 0.6 is 15.9 Å². The molecule has 1 rings (SSSR count). The number of benzene rings is 1. The van der Waals surface area contributed by atoms with Crippen molar-refractivity contribution >= 4 is 22.2 Å². The number of carbonyl (C=O) groups excluding carboxylic acids is 1. The summed E-state index contributed by atoms with van der Waals surface area (Å²) in [7, 11) is 0. The van der Waals surface area contributed by atoms with Gasteiger partial charge in [-0.05, 0) is 24.1 Å². The summed E-state index contributed by atoms with van der Waals surface area (Å²) in [5, 5.41) is 0. The summed E-state index contributed by atoms with van der Waals surface area (Å²) in [5.41, 5.74) is 1.18. The fourth-order valence-corrected chi connectivity index (χ4v) is 1.28. The van der Waals surface area contributed by atoms with Crippen molar-refractivity contribution in [2.24, 2.45) is 5.92 Å². The van der Waals surface area contributed by atoms with Gasteiger partial charge in [0.1, 0.15) is 0 Å². The summed E-state index contributed by atoms with van der Waals surface area (Å²) in [6.45, 7) is 1.87. The Balaban J connectivity index is 2.64. The number of rotatable bonds is 3. The van der Waals surface area contributed by atoms with Gasteiger partial charge in [0.15, 0.2) is 0 Å². The first-order valence-electron chi connectivity index (χ1n) is 3.84. The molecular formula is C10H10BrO. The predicted molar refractivity (Wildman–Crippen MR) is 52.7 cm³/mol. The van der Waals surface area contributed by atoms with Crippen molar-refractivity contribution in [3.8, 4) is 0 Å². The Morgan fingerprint density at radius 3 is 2.50 bits per heavy atom. The predicted octanol–water partition coefficient (Wildman–Crippen LogP) is 2.74. The van der Waals surface area contributed by atoms with Crippen LogP contribution in [0.2, 0.25) is 0 Å². The Bertz CT molecular complexity index is 253. The highest BCUT2D eigenvalue weighted by atomic mass is 79.9. The van der Waals surface area contributed by atoms with Gasteiger partial charge in [0, 0.05) is 10.4 Å². The molecule has 2 heteroatoms. The summed E-state index contributed by atoms with van der Waals surface area (Å²) in [6.07, 6.45) is 2.74. The number of halogens is 1. The topological polar surface area (TPSA) is 17.1 Å². The lowest BCUT2D eigenvalue weighted by molar-refractivity contribution is 0.528. The molecule has 1 nitrogen and oxygen atoms in total. The van der Waals surface area contributed by atoms with Crippen LogP contribution in [0.15, 0.2) is 28.7 Å². The van der Waals surface area contributed by atoms with Gasteiger partial charge in [0.25, 0.3) is 0 Å². The van der Waals surface area contributed by atoms with Gasteiger partial charge in [-0.2, -0.15) is 0 Å². The molecular weight excluding hydrogens is 216 g/mol. The van der Waals surface area contributed by atoms with E-state index in [2.05, 4.69) is 15.9 Å². The van der Waals surface area contributed by atoms with Crippen LogP contribution in [0.4, 0.5) is 0 Å². The van der Waals surface area contributed by atoms with Crippen LogP contribution in [-0.4, -0.2) is 6.29 Å². The molecule has 1 aromatic rings. The average molecular weight is 226 g/mol. The summed E-state index contributed by atoms with van der Waals surface area (Å²) in [6, 6.07) is 7.98. The molecule has 0 bridgehead atoms. The Kier molecular flexibility index (Phi) is 3.48. The lowest BCUT2D eigenvalue weighted by Gasteiger charge is -2.02. The Morgan fingerprint density at radius 2 is 2.00 bits per heavy atom. The van der Waals surface area contributed by atoms with Gasteiger partial charge in [-0.25, -0.2) is 0 Å². The third kappa shape index (κ3) is 2.78. The normalized spacial score (nSPS) is 12.5. The van der Waals surface area contributed by atoms with E-state index >= 15 is 0 Å². The smallest absolute Gasteiger partial charge is 0.201 e. The molecule has 1 aromatic carbocycles. The zero-order chi connectivity index (χ0) is 8.97. The van der Waals surface area contributed by atoms with Crippen molar-refractivity contribution in [1.29, 1.82) is 0 Å². The molecule has 0 aliphatic rings. The molecule has 0 saturated heterocycles. The monoisotopic (exact) mass is 225 g/mol. The number of hydrogen-bond donors (Lipinski definition) is 0. The minimum atomic E-state index is -0.00817. The Hall–Kier alpha value is -0.630. The zero-order valence-electron chi connectivity index (χ0n) is 6.88. The van der Waals surface area contributed by atoms with Gasteiger partial charge in [-0.15, -0.1) is 0 Å². The molecule has 1 unspecified atom stereocenters. The maximum atomic E-state index is 10.2. The zero-order valence-corrected chi connectivity index (χ0v) is 8.47. The van der Waals surface area contributed by atoms with Crippen LogP contribution < -0.4 is 0 Å². The average Bonchev–Trinajstić information content (AvgIpc) is 2.09. The second kappa shape index (κ2) is 4.41. The summed E-state index contributed by atoms with van der Waals surface area (Å²) in [4.78, 5) is 10.2. The van der Waals surface area contributed by atoms with E-state index in [1.165, 1.54) is 5.56 Å². The first kappa shape index (κ1) is 9.46. The fraction of sp³-hybridized carbons (Fsp3) is 0.300. The quantitative estimate of drug-likeness (QED) is 0.774. The van der Waals surface area contributed by atoms with E-state index in [1.807, 2.05) is 37.5 Å². The van der Waals surface area contributed by atoms with Gasteiger partial charge >= 0.3 is 0 Å². The van der Waals surface area contributed by atoms with Gasteiger partial charge < -0.3 is 0 Å². The van der Waals surface area contributed by atoms with Crippen molar-refractivity contribution in [1.82, 2.24) is 0 Å². The molecule has 1 radical (unpaired) electrons. The van der Waals surface area contributed by atoms with Crippen LogP contribution in [0, 0.1) is 5.92 Å². The standard InChI is InChI=1S/C10H10BrO/c1-8(7-12)6-9-2-4-10(11)5-3-9/h2-5,8H,6H2,1H3. The molecule has 63 valence electrons. The lowest BCUT2D eigenvalue weighted by Crippen LogP contribution is -1.99. The molecule has 0 aliphatic heterocycles. The highest BCUT2D eigenvalue weighted by Gasteiger charge is 2.01. The van der Waals surface area contributed by atoms with E-state index in [0.29, 0.717) is 0 Å². The van der Waals surface area contributed by atoms with E-state index < -0.39 is 0 Å². The van der Waals surface area contributed by atoms with Crippen LogP contribution in [0.3, 0.4) is 0 Å². The van der Waals surface area contributed by atoms with Crippen LogP contribution in [0.25, 0.3) is 0 Å². The Morgan fingerprint density at radius 1 is 1.42 bits per heavy atom. The van der Waals surface area contributed by atoms with Crippen LogP contribution in [0.5, 0.6) is 0 Å². The highest BCUT2D eigenvalue weighted by molar-refractivity contribution is 9.10. The van der Waals surface area contributed by atoms with Crippen molar-refractivity contribution in [3.63, 3.8) is 0 Å². The van der Waals surface area contributed by atoms with E-state index in [1.54, 1.807) is 0 Å². The number of hydrogen-bond acceptors (Lipinski definition) is 1. The molecule has 1 atom stereocenters. The molecule has 0 fully saturated rings. The minimum absolute atomic E-state index is 0.00817. The lowest BCUT2D eigenvalue weighted by atomic mass is 10.0. The van der Waals surface area contributed by atoms with E-state index in [9.17, 15) is 4.79 Å². The molecule has 0 aliphatic carbocycles. The second-order valence-electron chi connectivity index (χ2n) is 2.85. The van der Waals surface area contributed by atoms with Crippen LogP contribution in [-0.2, 0) is 11.2 Å². The third-order valence-corrected chi connectivity index (χ3v) is 2.18. The van der Waals surface area contributed by atoms with E-state index in [-0.39, 0.29) is 5.92 Å². The molecule has 0 spiro atoms. The molecule has 0 heterocycles.